The molecule has 0 saturated carbocycles. The van der Waals surface area contributed by atoms with Crippen LogP contribution in [0.3, 0.4) is 0 Å². The van der Waals surface area contributed by atoms with Crippen LogP contribution in [-0.2, 0) is 33.6 Å². The Morgan fingerprint density at radius 1 is 0.750 bits per heavy atom. The fourth-order valence-corrected chi connectivity index (χ4v) is 2.76. The summed E-state index contributed by atoms with van der Waals surface area (Å²) in [6, 6.07) is -6.53. The number of amides is 4. The average Bonchev–Trinajstić information content (AvgIpc) is 2.79. The van der Waals surface area contributed by atoms with Gasteiger partial charge in [-0.15, -0.1) is 0 Å². The summed E-state index contributed by atoms with van der Waals surface area (Å²) in [6.07, 6.45) is 0.271. The highest BCUT2D eigenvalue weighted by molar-refractivity contribution is 5.93. The van der Waals surface area contributed by atoms with Crippen molar-refractivity contribution in [2.75, 3.05) is 0 Å². The number of carbonyl (C=O) groups is 7. The number of hydrogen-bond acceptors (Lipinski definition) is 9. The molecule has 10 N–H and O–H groups in total. The Morgan fingerprint density at radius 3 is 1.83 bits per heavy atom. The molecule has 0 fully saturated rings. The maximum absolute atomic E-state index is 12.7. The van der Waals surface area contributed by atoms with Crippen LogP contribution in [0.25, 0.3) is 0 Å². The van der Waals surface area contributed by atoms with E-state index in [-0.39, 0.29) is 32.1 Å². The van der Waals surface area contributed by atoms with Gasteiger partial charge in [0, 0.05) is 6.42 Å². The number of aldehydes is 1. The summed E-state index contributed by atoms with van der Waals surface area (Å²) in [5.41, 5.74) is 10.9. The van der Waals surface area contributed by atoms with Gasteiger partial charge in [0.25, 0.3) is 0 Å². The van der Waals surface area contributed by atoms with E-state index in [1.165, 1.54) is 20.8 Å². The van der Waals surface area contributed by atoms with Crippen LogP contribution in [0, 0.1) is 0 Å². The van der Waals surface area contributed by atoms with E-state index in [0.29, 0.717) is 6.29 Å². The summed E-state index contributed by atoms with van der Waals surface area (Å²) in [7, 11) is 0. The second kappa shape index (κ2) is 16.1. The maximum Gasteiger partial charge on any atom is 0.325 e. The van der Waals surface area contributed by atoms with Crippen LogP contribution in [-0.4, -0.2) is 88.3 Å². The van der Waals surface area contributed by atoms with Crippen LogP contribution in [0.4, 0.5) is 0 Å². The predicted octanol–water partition coefficient (Wildman–Crippen LogP) is -3.04. The van der Waals surface area contributed by atoms with Crippen molar-refractivity contribution < 1.29 is 43.8 Å². The van der Waals surface area contributed by atoms with Crippen molar-refractivity contribution in [2.45, 2.75) is 89.1 Å². The topological polar surface area (TPSA) is 260 Å². The van der Waals surface area contributed by atoms with E-state index in [2.05, 4.69) is 21.3 Å². The Labute approximate surface area is 208 Å². The van der Waals surface area contributed by atoms with Gasteiger partial charge in [0.1, 0.15) is 30.5 Å². The van der Waals surface area contributed by atoms with Gasteiger partial charge in [-0.05, 0) is 46.5 Å². The first-order valence-electron chi connectivity index (χ1n) is 11.3. The lowest BCUT2D eigenvalue weighted by Crippen LogP contribution is -2.54. The first-order valence-corrected chi connectivity index (χ1v) is 11.3. The third-order valence-electron chi connectivity index (χ3n) is 5.05. The molecule has 0 bridgehead atoms. The maximum atomic E-state index is 12.7. The second-order valence-electron chi connectivity index (χ2n) is 8.37. The molecule has 0 radical (unpaired) electrons. The number of nitrogens with two attached hydrogens (primary N) is 2. The minimum atomic E-state index is -1.27. The number of nitrogens with one attached hydrogen (secondary N) is 4. The van der Waals surface area contributed by atoms with Gasteiger partial charge in [-0.25, -0.2) is 0 Å². The molecular weight excluding hydrogens is 480 g/mol. The standard InChI is InChI=1S/C21H36N6O9/c1-10(22)17(30)26-13(9-28)7-8-16(29)27-15(6-4-5-14(23)21(35)36)19(32)24-11(2)18(31)25-12(3)20(33)34/h9-15H,4-8,22-23H2,1-3H3,(H,24,32)(H,25,31)(H,26,30)(H,27,29)(H,33,34)(H,35,36)/t10-,11+,12+,13+,14+,15-/m0/s1. The number of carboxylic acid groups (broad SMARTS) is 2. The second-order valence-corrected chi connectivity index (χ2v) is 8.37. The lowest BCUT2D eigenvalue weighted by atomic mass is 10.0. The zero-order chi connectivity index (χ0) is 28.0. The molecule has 0 heterocycles. The van der Waals surface area contributed by atoms with Crippen LogP contribution in [0.15, 0.2) is 0 Å². The Bertz CT molecular complexity index is 820. The highest BCUT2D eigenvalue weighted by atomic mass is 16.4. The summed E-state index contributed by atoms with van der Waals surface area (Å²) in [5.74, 6) is -5.26. The van der Waals surface area contributed by atoms with Gasteiger partial charge in [0.2, 0.25) is 23.6 Å². The molecule has 6 atom stereocenters. The third-order valence-corrected chi connectivity index (χ3v) is 5.05. The van der Waals surface area contributed by atoms with Gasteiger partial charge >= 0.3 is 11.9 Å². The smallest absolute Gasteiger partial charge is 0.325 e. The summed E-state index contributed by atoms with van der Waals surface area (Å²) in [4.78, 5) is 81.9. The van der Waals surface area contributed by atoms with Crippen LogP contribution < -0.4 is 32.7 Å². The summed E-state index contributed by atoms with van der Waals surface area (Å²) < 4.78 is 0. The molecule has 4 amide bonds. The number of carboxylic acids is 2. The van der Waals surface area contributed by atoms with E-state index in [1.54, 1.807) is 0 Å². The Hall–Kier alpha value is -3.59. The van der Waals surface area contributed by atoms with E-state index >= 15 is 0 Å². The summed E-state index contributed by atoms with van der Waals surface area (Å²) >= 11 is 0. The predicted molar refractivity (Wildman–Crippen MR) is 125 cm³/mol. The van der Waals surface area contributed by atoms with Crippen LogP contribution in [0.1, 0.15) is 52.9 Å². The van der Waals surface area contributed by atoms with Crippen LogP contribution >= 0.6 is 0 Å². The Kier molecular flexibility index (Phi) is 14.5. The molecule has 0 aliphatic rings. The fraction of sp³-hybridized carbons (Fsp3) is 0.667. The SMILES string of the molecule is C[C@H](N)C(=O)N[C@@H](C=O)CCC(=O)N[C@@H](CCC[C@@H](N)C(=O)O)C(=O)N[C@H](C)C(=O)N[C@H](C)C(=O)O. The molecule has 0 unspecified atom stereocenters. The number of carbonyl (C=O) groups excluding carboxylic acids is 5. The van der Waals surface area contributed by atoms with Gasteiger partial charge in [-0.1, -0.05) is 0 Å². The van der Waals surface area contributed by atoms with Crippen molar-refractivity contribution in [2.24, 2.45) is 11.5 Å². The van der Waals surface area contributed by atoms with Crippen molar-refractivity contribution >= 4 is 41.9 Å². The molecule has 0 spiro atoms. The largest absolute Gasteiger partial charge is 0.480 e. The van der Waals surface area contributed by atoms with E-state index in [9.17, 15) is 33.6 Å². The molecule has 0 aliphatic carbocycles. The molecular formula is C21H36N6O9. The Balaban J connectivity index is 5.17. The molecule has 204 valence electrons. The molecule has 0 aliphatic heterocycles. The third kappa shape index (κ3) is 12.8. The van der Waals surface area contributed by atoms with Crippen molar-refractivity contribution in [3.8, 4) is 0 Å². The monoisotopic (exact) mass is 516 g/mol. The molecule has 0 aromatic rings. The summed E-state index contributed by atoms with van der Waals surface area (Å²) in [5, 5.41) is 27.2. The number of aliphatic carboxylic acids is 2. The first kappa shape index (κ1) is 32.4. The first-order chi connectivity index (χ1) is 16.7. The van der Waals surface area contributed by atoms with Gasteiger partial charge in [-0.3, -0.25) is 28.8 Å². The zero-order valence-electron chi connectivity index (χ0n) is 20.5. The normalized spacial score (nSPS) is 15.7. The molecule has 36 heavy (non-hydrogen) atoms. The molecule has 0 saturated heterocycles. The van der Waals surface area contributed by atoms with E-state index < -0.39 is 71.8 Å². The van der Waals surface area contributed by atoms with Crippen molar-refractivity contribution in [3.63, 3.8) is 0 Å². The molecule has 15 nitrogen and oxygen atoms in total. The van der Waals surface area contributed by atoms with Crippen LogP contribution in [0.5, 0.6) is 0 Å². The van der Waals surface area contributed by atoms with Crippen molar-refractivity contribution in [3.05, 3.63) is 0 Å². The quantitative estimate of drug-likeness (QED) is 0.0901. The Morgan fingerprint density at radius 2 is 1.33 bits per heavy atom. The van der Waals surface area contributed by atoms with Gasteiger partial charge in [-0.2, -0.15) is 0 Å². The van der Waals surface area contributed by atoms with Crippen molar-refractivity contribution in [1.82, 2.24) is 21.3 Å². The van der Waals surface area contributed by atoms with Crippen LogP contribution in [0.2, 0.25) is 0 Å². The fourth-order valence-electron chi connectivity index (χ4n) is 2.76. The summed E-state index contributed by atoms with van der Waals surface area (Å²) in [6.45, 7) is 3.98. The van der Waals surface area contributed by atoms with E-state index in [4.69, 9.17) is 21.7 Å². The minimum Gasteiger partial charge on any atom is -0.480 e. The molecule has 0 rings (SSSR count). The lowest BCUT2D eigenvalue weighted by Gasteiger charge is -2.22. The zero-order valence-corrected chi connectivity index (χ0v) is 20.5. The molecule has 0 aromatic heterocycles. The number of hydrogen-bond donors (Lipinski definition) is 8. The lowest BCUT2D eigenvalue weighted by molar-refractivity contribution is -0.141. The van der Waals surface area contributed by atoms with E-state index in [1.807, 2.05) is 0 Å². The number of rotatable bonds is 17. The highest BCUT2D eigenvalue weighted by Gasteiger charge is 2.26. The molecule has 0 aromatic carbocycles. The van der Waals surface area contributed by atoms with Gasteiger partial charge in [0.15, 0.2) is 0 Å². The van der Waals surface area contributed by atoms with E-state index in [0.717, 1.165) is 0 Å². The van der Waals surface area contributed by atoms with Crippen molar-refractivity contribution in [1.29, 1.82) is 0 Å². The minimum absolute atomic E-state index is 0.0116. The van der Waals surface area contributed by atoms with Gasteiger partial charge < -0.3 is 47.7 Å². The van der Waals surface area contributed by atoms with Gasteiger partial charge in [0.05, 0.1) is 12.1 Å². The average molecular weight is 517 g/mol. The molecule has 15 heteroatoms. The highest BCUT2D eigenvalue weighted by Crippen LogP contribution is 2.06.